The van der Waals surface area contributed by atoms with Gasteiger partial charge in [0.15, 0.2) is 0 Å². The third kappa shape index (κ3) is 4.51. The van der Waals surface area contributed by atoms with Gasteiger partial charge >= 0.3 is 0 Å². The molecule has 0 aromatic carbocycles. The molecule has 0 bridgehead atoms. The summed E-state index contributed by atoms with van der Waals surface area (Å²) in [5.74, 6) is 2.73. The normalized spacial score (nSPS) is 10.5. The lowest BCUT2D eigenvalue weighted by molar-refractivity contribution is 0.845. The number of H-pyrrole nitrogens is 1. The fourth-order valence-electron chi connectivity index (χ4n) is 1.33. The van der Waals surface area contributed by atoms with Crippen LogP contribution in [-0.2, 0) is 12.2 Å². The van der Waals surface area contributed by atoms with E-state index in [4.69, 9.17) is 0 Å². The van der Waals surface area contributed by atoms with E-state index in [0.717, 1.165) is 42.3 Å². The van der Waals surface area contributed by atoms with E-state index < -0.39 is 0 Å². The van der Waals surface area contributed by atoms with Gasteiger partial charge in [-0.3, -0.25) is 4.79 Å². The summed E-state index contributed by atoms with van der Waals surface area (Å²) >= 11 is 1.81. The van der Waals surface area contributed by atoms with Crippen LogP contribution in [0.2, 0.25) is 0 Å². The molecule has 1 aromatic heterocycles. The molecule has 4 heteroatoms. The Bertz CT molecular complexity index is 349. The predicted octanol–water partition coefficient (Wildman–Crippen LogP) is 2.37. The Hall–Kier alpha value is -0.770. The summed E-state index contributed by atoms with van der Waals surface area (Å²) in [5, 5.41) is 0. The van der Waals surface area contributed by atoms with Crippen molar-refractivity contribution in [2.24, 2.45) is 0 Å². The third-order valence-electron chi connectivity index (χ3n) is 1.94. The molecule has 0 aliphatic heterocycles. The lowest BCUT2D eigenvalue weighted by Gasteiger charge is -2.02. The van der Waals surface area contributed by atoms with E-state index in [2.05, 4.69) is 23.8 Å². The fraction of sp³-hybridized carbons (Fsp3) is 0.636. The van der Waals surface area contributed by atoms with Crippen molar-refractivity contribution >= 4 is 11.8 Å². The summed E-state index contributed by atoms with van der Waals surface area (Å²) < 4.78 is 0. The molecule has 1 rings (SSSR count). The molecule has 0 amide bonds. The maximum absolute atomic E-state index is 11.3. The van der Waals surface area contributed by atoms with Gasteiger partial charge in [0, 0.05) is 11.8 Å². The van der Waals surface area contributed by atoms with Gasteiger partial charge in [-0.05, 0) is 18.6 Å². The van der Waals surface area contributed by atoms with Crippen molar-refractivity contribution in [1.82, 2.24) is 9.97 Å². The molecule has 15 heavy (non-hydrogen) atoms. The van der Waals surface area contributed by atoms with E-state index in [1.807, 2.05) is 11.8 Å². The number of hydrogen-bond donors (Lipinski definition) is 1. The topological polar surface area (TPSA) is 45.8 Å². The number of aromatic amines is 1. The third-order valence-corrected chi connectivity index (χ3v) is 3.11. The highest BCUT2D eigenvalue weighted by atomic mass is 32.2. The van der Waals surface area contributed by atoms with Crippen molar-refractivity contribution < 1.29 is 0 Å². The minimum Gasteiger partial charge on any atom is -0.310 e. The van der Waals surface area contributed by atoms with Crippen LogP contribution in [0.15, 0.2) is 10.9 Å². The molecular formula is C11H18N2OS. The molecule has 0 aliphatic carbocycles. The van der Waals surface area contributed by atoms with E-state index in [9.17, 15) is 4.79 Å². The zero-order valence-electron chi connectivity index (χ0n) is 9.38. The Morgan fingerprint density at radius 2 is 2.20 bits per heavy atom. The second kappa shape index (κ2) is 6.67. The van der Waals surface area contributed by atoms with Crippen LogP contribution in [0.5, 0.6) is 0 Å². The molecule has 0 atom stereocenters. The molecule has 1 aromatic rings. The molecule has 0 radical (unpaired) electrons. The first kappa shape index (κ1) is 12.3. The zero-order chi connectivity index (χ0) is 11.1. The summed E-state index contributed by atoms with van der Waals surface area (Å²) in [5.41, 5.74) is 0.883. The first-order chi connectivity index (χ1) is 7.26. The minimum atomic E-state index is -0.0273. The van der Waals surface area contributed by atoms with Crippen LogP contribution in [0, 0.1) is 0 Å². The zero-order valence-corrected chi connectivity index (χ0v) is 10.2. The largest absolute Gasteiger partial charge is 0.310 e. The lowest BCUT2D eigenvalue weighted by Crippen LogP contribution is -2.12. The van der Waals surface area contributed by atoms with Gasteiger partial charge < -0.3 is 4.98 Å². The van der Waals surface area contributed by atoms with Gasteiger partial charge in [-0.1, -0.05) is 20.3 Å². The number of hydrogen-bond acceptors (Lipinski definition) is 3. The van der Waals surface area contributed by atoms with Crippen LogP contribution >= 0.6 is 11.8 Å². The Kier molecular flexibility index (Phi) is 5.47. The Labute approximate surface area is 94.7 Å². The molecule has 0 aliphatic rings. The highest BCUT2D eigenvalue weighted by molar-refractivity contribution is 7.98. The Morgan fingerprint density at radius 3 is 2.87 bits per heavy atom. The highest BCUT2D eigenvalue weighted by Crippen LogP contribution is 2.08. The van der Waals surface area contributed by atoms with Gasteiger partial charge in [0.1, 0.15) is 5.82 Å². The van der Waals surface area contributed by atoms with Crippen molar-refractivity contribution in [3.8, 4) is 0 Å². The summed E-state index contributed by atoms with van der Waals surface area (Å²) in [6, 6.07) is 1.59. The Morgan fingerprint density at radius 1 is 1.40 bits per heavy atom. The first-order valence-electron chi connectivity index (χ1n) is 5.43. The van der Waals surface area contributed by atoms with Crippen molar-refractivity contribution in [2.45, 2.75) is 38.9 Å². The van der Waals surface area contributed by atoms with Gasteiger partial charge in [-0.2, -0.15) is 11.8 Å². The second-order valence-electron chi connectivity index (χ2n) is 3.49. The molecule has 0 fully saturated rings. The summed E-state index contributed by atoms with van der Waals surface area (Å²) in [7, 11) is 0. The minimum absolute atomic E-state index is 0.0273. The van der Waals surface area contributed by atoms with Crippen LogP contribution in [0.1, 0.15) is 38.2 Å². The number of rotatable bonds is 6. The average molecular weight is 226 g/mol. The summed E-state index contributed by atoms with van der Waals surface area (Å²) in [4.78, 5) is 18.5. The number of nitrogens with zero attached hydrogens (tertiary/aromatic N) is 1. The monoisotopic (exact) mass is 226 g/mol. The van der Waals surface area contributed by atoms with E-state index in [0.29, 0.717) is 0 Å². The lowest BCUT2D eigenvalue weighted by atomic mass is 10.2. The van der Waals surface area contributed by atoms with Crippen molar-refractivity contribution in [3.63, 3.8) is 0 Å². The van der Waals surface area contributed by atoms with Crippen molar-refractivity contribution in [2.75, 3.05) is 5.75 Å². The molecule has 1 heterocycles. The maximum Gasteiger partial charge on any atom is 0.251 e. The predicted molar refractivity (Wildman–Crippen MR) is 65.3 cm³/mol. The smallest absolute Gasteiger partial charge is 0.251 e. The van der Waals surface area contributed by atoms with E-state index >= 15 is 0 Å². The Balaban J connectivity index is 2.66. The summed E-state index contributed by atoms with van der Waals surface area (Å²) in [6.07, 6.45) is 3.07. The van der Waals surface area contributed by atoms with Crippen LogP contribution < -0.4 is 5.56 Å². The van der Waals surface area contributed by atoms with Crippen molar-refractivity contribution in [3.05, 3.63) is 27.9 Å². The molecule has 3 nitrogen and oxygen atoms in total. The van der Waals surface area contributed by atoms with Gasteiger partial charge in [-0.25, -0.2) is 4.98 Å². The highest BCUT2D eigenvalue weighted by Gasteiger charge is 2.00. The number of aryl methyl sites for hydroxylation is 1. The summed E-state index contributed by atoms with van der Waals surface area (Å²) in [6.45, 7) is 4.24. The van der Waals surface area contributed by atoms with Crippen LogP contribution in [-0.4, -0.2) is 15.7 Å². The van der Waals surface area contributed by atoms with Gasteiger partial charge in [0.25, 0.3) is 5.56 Å². The number of nitrogens with one attached hydrogen (secondary N) is 1. The van der Waals surface area contributed by atoms with Gasteiger partial charge in [-0.15, -0.1) is 0 Å². The molecular weight excluding hydrogens is 208 g/mol. The fourth-order valence-corrected chi connectivity index (χ4v) is 2.09. The quantitative estimate of drug-likeness (QED) is 0.757. The second-order valence-corrected chi connectivity index (χ2v) is 4.59. The molecule has 84 valence electrons. The van der Waals surface area contributed by atoms with Gasteiger partial charge in [0.2, 0.25) is 0 Å². The SMILES string of the molecule is CCCSCc1nc(CCC)cc(=O)[nH]1. The molecule has 1 N–H and O–H groups in total. The van der Waals surface area contributed by atoms with Crippen molar-refractivity contribution in [1.29, 1.82) is 0 Å². The maximum atomic E-state index is 11.3. The molecule has 0 spiro atoms. The standard InChI is InChI=1S/C11H18N2OS/c1-3-5-9-7-11(14)13-10(12-9)8-15-6-4-2/h7H,3-6,8H2,1-2H3,(H,12,13,14). The number of aromatic nitrogens is 2. The molecule has 0 saturated carbocycles. The number of thioether (sulfide) groups is 1. The molecule has 0 saturated heterocycles. The van der Waals surface area contributed by atoms with E-state index in [-0.39, 0.29) is 5.56 Å². The average Bonchev–Trinajstić information content (AvgIpc) is 2.18. The van der Waals surface area contributed by atoms with Crippen LogP contribution in [0.3, 0.4) is 0 Å². The molecule has 0 unspecified atom stereocenters. The first-order valence-corrected chi connectivity index (χ1v) is 6.58. The van der Waals surface area contributed by atoms with Crippen LogP contribution in [0.25, 0.3) is 0 Å². The van der Waals surface area contributed by atoms with Crippen LogP contribution in [0.4, 0.5) is 0 Å². The van der Waals surface area contributed by atoms with E-state index in [1.54, 1.807) is 6.07 Å². The van der Waals surface area contributed by atoms with Gasteiger partial charge in [0.05, 0.1) is 5.75 Å². The van der Waals surface area contributed by atoms with E-state index in [1.165, 1.54) is 0 Å².